The van der Waals surface area contributed by atoms with Gasteiger partial charge in [-0.15, -0.1) is 0 Å². The molecule has 0 radical (unpaired) electrons. The van der Waals surface area contributed by atoms with E-state index in [0.29, 0.717) is 18.4 Å². The third-order valence-electron chi connectivity index (χ3n) is 8.71. The van der Waals surface area contributed by atoms with Crippen molar-refractivity contribution in [2.24, 2.45) is 11.7 Å². The van der Waals surface area contributed by atoms with Gasteiger partial charge in [0.2, 0.25) is 5.75 Å². The lowest BCUT2D eigenvalue weighted by molar-refractivity contribution is -0.385. The zero-order valence-electron chi connectivity index (χ0n) is 26.6. The maximum atomic E-state index is 15.1. The number of aliphatic hydroxyl groups excluding tert-OH is 1. The van der Waals surface area contributed by atoms with Crippen LogP contribution in [-0.2, 0) is 29.8 Å². The van der Waals surface area contributed by atoms with Gasteiger partial charge in [-0.05, 0) is 66.4 Å². The first-order valence-corrected chi connectivity index (χ1v) is 17.3. The summed E-state index contributed by atoms with van der Waals surface area (Å²) in [4.78, 5) is 23.4. The molecule has 0 aromatic heterocycles. The molecule has 5 atom stereocenters. The summed E-state index contributed by atoms with van der Waals surface area (Å²) in [7, 11) is -4.30. The summed E-state index contributed by atoms with van der Waals surface area (Å²) >= 11 is 0. The molecular formula is C34H32F4N3O9P. The molecule has 1 saturated heterocycles. The molecule has 1 aliphatic heterocycles. The van der Waals surface area contributed by atoms with Gasteiger partial charge in [-0.25, -0.2) is 27.2 Å². The first-order chi connectivity index (χ1) is 24.2. The standard InChI is InChI=1S/C34H32F4N3O9P/c35-21-7-5-20(6-8-21)25-12-10-24(16-27(25)36)49-30-14-19(4-13-28(30)41(44)45)17-47-51(46,40-23-2-1-3-23)48-18-31-32(43)34(37,38)33(50-31)26-11-9-22(39)15-29(26)42/h4-16,23,26,31-33,43H,1-3,17-18,39H2,(H,40,46). The number of nitro benzene ring substituents is 1. The molecule has 0 bridgehead atoms. The third-order valence-corrected chi connectivity index (χ3v) is 10.3. The summed E-state index contributed by atoms with van der Waals surface area (Å²) < 4.78 is 94.6. The van der Waals surface area contributed by atoms with Gasteiger partial charge in [0.1, 0.15) is 35.7 Å². The van der Waals surface area contributed by atoms with E-state index in [4.69, 9.17) is 24.3 Å². The largest absolute Gasteiger partial charge is 0.450 e. The van der Waals surface area contributed by atoms with Gasteiger partial charge >= 0.3 is 19.4 Å². The van der Waals surface area contributed by atoms with Gasteiger partial charge < -0.3 is 20.3 Å². The van der Waals surface area contributed by atoms with Crippen LogP contribution in [0.15, 0.2) is 84.6 Å². The van der Waals surface area contributed by atoms with E-state index in [-0.39, 0.29) is 34.4 Å². The molecule has 3 aromatic rings. The van der Waals surface area contributed by atoms with Crippen molar-refractivity contribution in [2.75, 3.05) is 6.61 Å². The lowest BCUT2D eigenvalue weighted by atomic mass is 9.88. The van der Waals surface area contributed by atoms with Crippen LogP contribution in [0.25, 0.3) is 11.1 Å². The number of rotatable bonds is 13. The molecule has 2 aliphatic carbocycles. The highest BCUT2D eigenvalue weighted by Crippen LogP contribution is 2.49. The summed E-state index contributed by atoms with van der Waals surface area (Å²) in [6, 6.07) is 12.3. The predicted octanol–water partition coefficient (Wildman–Crippen LogP) is 6.48. The van der Waals surface area contributed by atoms with E-state index in [0.717, 1.165) is 24.6 Å². The van der Waals surface area contributed by atoms with Crippen molar-refractivity contribution < 1.29 is 55.5 Å². The number of carbonyl (C=O) groups excluding carboxylic acids is 1. The Balaban J connectivity index is 1.16. The number of aliphatic hydroxyl groups is 1. The van der Waals surface area contributed by atoms with Gasteiger partial charge in [0, 0.05) is 35.5 Å². The molecule has 1 heterocycles. The zero-order valence-corrected chi connectivity index (χ0v) is 27.5. The Bertz CT molecular complexity index is 1920. The molecule has 3 aliphatic rings. The van der Waals surface area contributed by atoms with Crippen LogP contribution >= 0.6 is 7.75 Å². The Labute approximate surface area is 288 Å². The highest BCUT2D eigenvalue weighted by molar-refractivity contribution is 7.51. The number of hydrogen-bond acceptors (Lipinski definition) is 10. The molecule has 0 amide bonds. The molecule has 0 spiro atoms. The summed E-state index contributed by atoms with van der Waals surface area (Å²) in [5, 5.41) is 25.0. The van der Waals surface area contributed by atoms with E-state index in [1.54, 1.807) is 0 Å². The van der Waals surface area contributed by atoms with Crippen LogP contribution < -0.4 is 15.6 Å². The quantitative estimate of drug-likeness (QED) is 0.0760. The Morgan fingerprint density at radius 2 is 1.82 bits per heavy atom. The average molecular weight is 734 g/mol. The van der Waals surface area contributed by atoms with E-state index in [1.165, 1.54) is 60.7 Å². The number of halogens is 4. The number of ether oxygens (including phenoxy) is 2. The Kier molecular flexibility index (Phi) is 10.4. The van der Waals surface area contributed by atoms with Crippen molar-refractivity contribution in [1.82, 2.24) is 5.09 Å². The first kappa shape index (κ1) is 36.4. The van der Waals surface area contributed by atoms with Gasteiger partial charge in [-0.2, -0.15) is 0 Å². The van der Waals surface area contributed by atoms with Crippen LogP contribution in [0.2, 0.25) is 0 Å². The fraction of sp³-hybridized carbons (Fsp3) is 0.324. The van der Waals surface area contributed by atoms with Crippen LogP contribution in [0, 0.1) is 27.7 Å². The van der Waals surface area contributed by atoms with Crippen molar-refractivity contribution in [2.45, 2.75) is 56.1 Å². The SMILES string of the molecule is NC1=CC(=O)C(C2OC(COP(=O)(NC3CCC3)OCc3ccc([N+](=O)[O-])c(Oc4ccc(-c5ccc(F)cc5)c(F)c4)c3)C(O)C2(F)F)C=C1. The van der Waals surface area contributed by atoms with Gasteiger partial charge in [0.25, 0.3) is 0 Å². The number of carbonyl (C=O) groups is 1. The Hall–Kier alpha value is -4.44. The fourth-order valence-electron chi connectivity index (χ4n) is 5.73. The minimum atomic E-state index is -4.30. The van der Waals surface area contributed by atoms with Crippen molar-refractivity contribution in [3.63, 3.8) is 0 Å². The maximum Gasteiger partial charge on any atom is 0.406 e. The summed E-state index contributed by atoms with van der Waals surface area (Å²) in [5.74, 6) is -7.63. The topological polar surface area (TPSA) is 172 Å². The minimum Gasteiger partial charge on any atom is -0.450 e. The maximum absolute atomic E-state index is 15.1. The molecule has 5 unspecified atom stereocenters. The number of nitrogens with zero attached hydrogens (tertiary/aromatic N) is 1. The van der Waals surface area contributed by atoms with Crippen LogP contribution in [0.3, 0.4) is 0 Å². The monoisotopic (exact) mass is 733 g/mol. The van der Waals surface area contributed by atoms with E-state index in [9.17, 15) is 33.4 Å². The lowest BCUT2D eigenvalue weighted by Gasteiger charge is -2.31. The van der Waals surface area contributed by atoms with Gasteiger partial charge in [-0.3, -0.25) is 24.0 Å². The molecule has 12 nitrogen and oxygen atoms in total. The number of allylic oxidation sites excluding steroid dienone is 2. The highest BCUT2D eigenvalue weighted by atomic mass is 31.2. The lowest BCUT2D eigenvalue weighted by Crippen LogP contribution is -2.45. The van der Waals surface area contributed by atoms with Crippen molar-refractivity contribution in [1.29, 1.82) is 0 Å². The summed E-state index contributed by atoms with van der Waals surface area (Å²) in [6.07, 6.45) is -0.630. The molecule has 17 heteroatoms. The van der Waals surface area contributed by atoms with Gasteiger partial charge in [0.15, 0.2) is 5.78 Å². The van der Waals surface area contributed by atoms with Crippen molar-refractivity contribution in [3.05, 3.63) is 112 Å². The second-order valence-corrected chi connectivity index (χ2v) is 14.0. The third kappa shape index (κ3) is 8.06. The molecule has 6 rings (SSSR count). The molecule has 1 saturated carbocycles. The minimum absolute atomic E-state index is 0.0796. The van der Waals surface area contributed by atoms with E-state index >= 15 is 8.78 Å². The second-order valence-electron chi connectivity index (χ2n) is 12.3. The van der Waals surface area contributed by atoms with Crippen LogP contribution in [0.5, 0.6) is 11.5 Å². The summed E-state index contributed by atoms with van der Waals surface area (Å²) in [5.41, 5.74) is 5.94. The molecule has 4 N–H and O–H groups in total. The van der Waals surface area contributed by atoms with Crippen molar-refractivity contribution in [3.8, 4) is 22.6 Å². The van der Waals surface area contributed by atoms with Crippen LogP contribution in [0.4, 0.5) is 23.2 Å². The number of hydrogen-bond donors (Lipinski definition) is 3. The molecule has 51 heavy (non-hydrogen) atoms. The highest BCUT2D eigenvalue weighted by Gasteiger charge is 2.61. The van der Waals surface area contributed by atoms with E-state index < -0.39 is 79.1 Å². The number of nitrogens with two attached hydrogens (primary N) is 1. The first-order valence-electron chi connectivity index (χ1n) is 15.8. The Morgan fingerprint density at radius 1 is 1.08 bits per heavy atom. The average Bonchev–Trinajstić information content (AvgIpc) is 3.29. The number of ketones is 1. The van der Waals surface area contributed by atoms with Gasteiger partial charge in [-0.1, -0.05) is 24.6 Å². The second kappa shape index (κ2) is 14.7. The number of nitro groups is 1. The molecular weight excluding hydrogens is 701 g/mol. The predicted molar refractivity (Wildman–Crippen MR) is 174 cm³/mol. The molecule has 3 aromatic carbocycles. The van der Waals surface area contributed by atoms with Crippen molar-refractivity contribution >= 4 is 19.2 Å². The van der Waals surface area contributed by atoms with Gasteiger partial charge in [0.05, 0.1) is 24.1 Å². The molecule has 2 fully saturated rings. The molecule has 270 valence electrons. The number of alkyl halides is 2. The van der Waals surface area contributed by atoms with E-state index in [2.05, 4.69) is 5.09 Å². The number of benzene rings is 3. The zero-order chi connectivity index (χ0) is 36.5. The fourth-order valence-corrected chi connectivity index (χ4v) is 7.32. The van der Waals surface area contributed by atoms with Crippen LogP contribution in [0.1, 0.15) is 24.8 Å². The summed E-state index contributed by atoms with van der Waals surface area (Å²) in [6.45, 7) is -1.27. The number of nitrogens with one attached hydrogen (secondary N) is 1. The van der Waals surface area contributed by atoms with Crippen LogP contribution in [-0.4, -0.2) is 52.7 Å². The normalized spacial score (nSPS) is 24.1. The smallest absolute Gasteiger partial charge is 0.406 e. The Morgan fingerprint density at radius 3 is 2.47 bits per heavy atom. The van der Waals surface area contributed by atoms with E-state index in [1.807, 2.05) is 0 Å².